The topological polar surface area (TPSA) is 87.2 Å². The molecule has 0 aliphatic carbocycles. The summed E-state index contributed by atoms with van der Waals surface area (Å²) in [7, 11) is 0. The van der Waals surface area contributed by atoms with Gasteiger partial charge in [-0.15, -0.1) is 0 Å². The summed E-state index contributed by atoms with van der Waals surface area (Å²) in [6.07, 6.45) is 1.03. The highest BCUT2D eigenvalue weighted by Gasteiger charge is 2.30. The van der Waals surface area contributed by atoms with Crippen molar-refractivity contribution in [2.24, 2.45) is 0 Å². The van der Waals surface area contributed by atoms with Gasteiger partial charge < -0.3 is 15.2 Å². The summed E-state index contributed by atoms with van der Waals surface area (Å²) in [4.78, 5) is 12.2. The minimum atomic E-state index is -0.903. The van der Waals surface area contributed by atoms with Crippen molar-refractivity contribution in [1.82, 2.24) is 15.5 Å². The van der Waals surface area contributed by atoms with Crippen LogP contribution in [0.4, 0.5) is 0 Å². The third-order valence-corrected chi connectivity index (χ3v) is 4.30. The highest BCUT2D eigenvalue weighted by Crippen LogP contribution is 2.26. The molecular formula is C16H18ClN3O3. The minimum Gasteiger partial charge on any atom is -0.388 e. The van der Waals surface area contributed by atoms with Gasteiger partial charge in [0.1, 0.15) is 5.69 Å². The average Bonchev–Trinajstić information content (AvgIpc) is 3.04. The lowest BCUT2D eigenvalue weighted by Gasteiger charge is -2.31. The Labute approximate surface area is 138 Å². The second kappa shape index (κ2) is 6.70. The van der Waals surface area contributed by atoms with Gasteiger partial charge in [-0.3, -0.25) is 9.89 Å². The van der Waals surface area contributed by atoms with E-state index < -0.39 is 5.60 Å². The summed E-state index contributed by atoms with van der Waals surface area (Å²) < 4.78 is 5.22. The second-order valence-corrected chi connectivity index (χ2v) is 6.07. The smallest absolute Gasteiger partial charge is 0.269 e. The zero-order valence-corrected chi connectivity index (χ0v) is 13.3. The molecule has 1 aliphatic heterocycles. The predicted octanol–water partition coefficient (Wildman–Crippen LogP) is 2.00. The van der Waals surface area contributed by atoms with Gasteiger partial charge in [0.2, 0.25) is 0 Å². The molecule has 1 aliphatic rings. The Hall–Kier alpha value is -1.89. The van der Waals surface area contributed by atoms with Gasteiger partial charge in [0.15, 0.2) is 0 Å². The number of rotatable bonds is 4. The van der Waals surface area contributed by atoms with Crippen LogP contribution < -0.4 is 5.32 Å². The number of hydrogen-bond acceptors (Lipinski definition) is 4. The lowest BCUT2D eigenvalue weighted by Crippen LogP contribution is -2.46. The van der Waals surface area contributed by atoms with E-state index in [4.69, 9.17) is 16.3 Å². The molecule has 1 aromatic heterocycles. The van der Waals surface area contributed by atoms with Crippen molar-refractivity contribution in [1.29, 1.82) is 0 Å². The Balaban J connectivity index is 1.66. The molecule has 0 saturated carbocycles. The van der Waals surface area contributed by atoms with Crippen LogP contribution in [-0.2, 0) is 4.74 Å². The number of carbonyl (C=O) groups excluding carboxylic acids is 1. The second-order valence-electron chi connectivity index (χ2n) is 5.67. The maximum absolute atomic E-state index is 12.2. The Bertz CT molecular complexity index is 695. The number of aliphatic hydroxyl groups is 1. The van der Waals surface area contributed by atoms with Gasteiger partial charge in [-0.25, -0.2) is 0 Å². The highest BCUT2D eigenvalue weighted by atomic mass is 35.5. The Morgan fingerprint density at radius 1 is 1.39 bits per heavy atom. The van der Waals surface area contributed by atoms with Crippen molar-refractivity contribution in [3.8, 4) is 11.3 Å². The fraction of sp³-hybridized carbons (Fsp3) is 0.375. The van der Waals surface area contributed by atoms with Gasteiger partial charge in [0, 0.05) is 38.2 Å². The van der Waals surface area contributed by atoms with Gasteiger partial charge in [-0.2, -0.15) is 5.10 Å². The molecule has 1 saturated heterocycles. The fourth-order valence-corrected chi connectivity index (χ4v) is 2.75. The lowest BCUT2D eigenvalue weighted by molar-refractivity contribution is -0.0605. The third-order valence-electron chi connectivity index (χ3n) is 3.97. The molecule has 2 aromatic rings. The standard InChI is InChI=1S/C16H18ClN3O3/c17-12-4-2-1-3-11(12)13-9-14(20-19-13)15(21)18-10-16(22)5-7-23-8-6-16/h1-4,9,22H,5-8,10H2,(H,18,21)(H,19,20). The zero-order chi connectivity index (χ0) is 16.3. The molecular weight excluding hydrogens is 318 g/mol. The van der Waals surface area contributed by atoms with Crippen LogP contribution >= 0.6 is 11.6 Å². The molecule has 1 amide bonds. The molecule has 6 nitrogen and oxygen atoms in total. The van der Waals surface area contributed by atoms with E-state index in [1.807, 2.05) is 18.2 Å². The Kier molecular flexibility index (Phi) is 4.66. The number of benzene rings is 1. The average molecular weight is 336 g/mol. The van der Waals surface area contributed by atoms with Crippen LogP contribution in [0.1, 0.15) is 23.3 Å². The van der Waals surface area contributed by atoms with E-state index in [0.717, 1.165) is 5.56 Å². The number of ether oxygens (including phenoxy) is 1. The first kappa shape index (κ1) is 16.0. The van der Waals surface area contributed by atoms with Crippen LogP contribution in [0.25, 0.3) is 11.3 Å². The van der Waals surface area contributed by atoms with Crippen molar-refractivity contribution in [3.63, 3.8) is 0 Å². The normalized spacial score (nSPS) is 17.0. The largest absolute Gasteiger partial charge is 0.388 e. The van der Waals surface area contributed by atoms with Crippen LogP contribution in [0, 0.1) is 0 Å². The maximum Gasteiger partial charge on any atom is 0.269 e. The van der Waals surface area contributed by atoms with Gasteiger partial charge in [0.05, 0.1) is 16.3 Å². The summed E-state index contributed by atoms with van der Waals surface area (Å²) in [5.41, 5.74) is 0.785. The molecule has 0 radical (unpaired) electrons. The first-order chi connectivity index (χ1) is 11.1. The quantitative estimate of drug-likeness (QED) is 0.797. The van der Waals surface area contributed by atoms with E-state index in [2.05, 4.69) is 15.5 Å². The van der Waals surface area contributed by atoms with Crippen LogP contribution in [0.3, 0.4) is 0 Å². The van der Waals surface area contributed by atoms with Crippen LogP contribution in [-0.4, -0.2) is 46.6 Å². The first-order valence-corrected chi connectivity index (χ1v) is 7.84. The number of H-pyrrole nitrogens is 1. The lowest BCUT2D eigenvalue weighted by atomic mass is 9.94. The third kappa shape index (κ3) is 3.72. The van der Waals surface area contributed by atoms with Gasteiger partial charge >= 0.3 is 0 Å². The Morgan fingerprint density at radius 3 is 2.87 bits per heavy atom. The number of nitrogens with one attached hydrogen (secondary N) is 2. The monoisotopic (exact) mass is 335 g/mol. The molecule has 122 valence electrons. The SMILES string of the molecule is O=C(NCC1(O)CCOCC1)c1cc(-c2ccccc2Cl)n[nH]1. The molecule has 3 rings (SSSR count). The van der Waals surface area contributed by atoms with Crippen molar-refractivity contribution >= 4 is 17.5 Å². The van der Waals surface area contributed by atoms with Crippen molar-refractivity contribution < 1.29 is 14.6 Å². The number of aromatic amines is 1. The summed E-state index contributed by atoms with van der Waals surface area (Å²) in [6.45, 7) is 1.20. The van der Waals surface area contributed by atoms with Gasteiger partial charge in [-0.05, 0) is 12.1 Å². The summed E-state index contributed by atoms with van der Waals surface area (Å²) in [5.74, 6) is -0.310. The summed E-state index contributed by atoms with van der Waals surface area (Å²) in [5, 5.41) is 20.5. The molecule has 0 spiro atoms. The predicted molar refractivity (Wildman–Crippen MR) is 86.4 cm³/mol. The van der Waals surface area contributed by atoms with E-state index in [0.29, 0.717) is 42.5 Å². The zero-order valence-electron chi connectivity index (χ0n) is 12.5. The summed E-state index contributed by atoms with van der Waals surface area (Å²) in [6, 6.07) is 8.94. The molecule has 0 bridgehead atoms. The van der Waals surface area contributed by atoms with Crippen LogP contribution in [0.2, 0.25) is 5.02 Å². The molecule has 0 atom stereocenters. The molecule has 1 aromatic carbocycles. The molecule has 23 heavy (non-hydrogen) atoms. The maximum atomic E-state index is 12.2. The Morgan fingerprint density at radius 2 is 2.13 bits per heavy atom. The number of amides is 1. The van der Waals surface area contributed by atoms with E-state index in [1.54, 1.807) is 12.1 Å². The first-order valence-electron chi connectivity index (χ1n) is 7.46. The van der Waals surface area contributed by atoms with E-state index in [1.165, 1.54) is 0 Å². The number of carbonyl (C=O) groups is 1. The van der Waals surface area contributed by atoms with Crippen molar-refractivity contribution in [2.45, 2.75) is 18.4 Å². The number of nitrogens with zero attached hydrogens (tertiary/aromatic N) is 1. The molecule has 3 N–H and O–H groups in total. The molecule has 2 heterocycles. The highest BCUT2D eigenvalue weighted by molar-refractivity contribution is 6.33. The van der Waals surface area contributed by atoms with Crippen molar-refractivity contribution in [2.75, 3.05) is 19.8 Å². The number of halogens is 1. The van der Waals surface area contributed by atoms with Crippen molar-refractivity contribution in [3.05, 3.63) is 41.0 Å². The number of hydrogen-bond donors (Lipinski definition) is 3. The van der Waals surface area contributed by atoms with E-state index >= 15 is 0 Å². The van der Waals surface area contributed by atoms with Crippen LogP contribution in [0.15, 0.2) is 30.3 Å². The summed E-state index contributed by atoms with van der Waals surface area (Å²) >= 11 is 6.13. The molecule has 1 fully saturated rings. The van der Waals surface area contributed by atoms with Crippen LogP contribution in [0.5, 0.6) is 0 Å². The molecule has 7 heteroatoms. The van der Waals surface area contributed by atoms with E-state index in [-0.39, 0.29) is 12.5 Å². The minimum absolute atomic E-state index is 0.190. The van der Waals surface area contributed by atoms with E-state index in [9.17, 15) is 9.90 Å². The number of aromatic nitrogens is 2. The fourth-order valence-electron chi connectivity index (χ4n) is 2.51. The van der Waals surface area contributed by atoms with Gasteiger partial charge in [0.25, 0.3) is 5.91 Å². The molecule has 0 unspecified atom stereocenters. The van der Waals surface area contributed by atoms with Gasteiger partial charge in [-0.1, -0.05) is 29.8 Å².